The first-order valence-corrected chi connectivity index (χ1v) is 6.43. The van der Waals surface area contributed by atoms with Gasteiger partial charge in [0.15, 0.2) is 0 Å². The minimum absolute atomic E-state index is 0.137. The second-order valence-corrected chi connectivity index (χ2v) is 4.53. The predicted molar refractivity (Wildman–Crippen MR) is 72.2 cm³/mol. The largest absolute Gasteiger partial charge is 0.458 e. The first kappa shape index (κ1) is 15.5. The highest BCUT2D eigenvalue weighted by atomic mass is 35.5. The molecule has 0 radical (unpaired) electrons. The highest BCUT2D eigenvalue weighted by Crippen LogP contribution is 2.22. The molecule has 19 heavy (non-hydrogen) atoms. The molecule has 104 valence electrons. The van der Waals surface area contributed by atoms with Crippen molar-refractivity contribution >= 4 is 23.5 Å². The fraction of sp³-hybridized carbons (Fsp3) is 0.429. The number of halogens is 1. The van der Waals surface area contributed by atoms with Gasteiger partial charge < -0.3 is 9.47 Å². The van der Waals surface area contributed by atoms with Crippen LogP contribution in [0.2, 0.25) is 5.02 Å². The Morgan fingerprint density at radius 1 is 1.11 bits per heavy atom. The van der Waals surface area contributed by atoms with Gasteiger partial charge in [-0.15, -0.1) is 0 Å². The lowest BCUT2D eigenvalue weighted by Gasteiger charge is -2.08. The molecule has 0 saturated carbocycles. The van der Waals surface area contributed by atoms with E-state index in [2.05, 4.69) is 4.74 Å². The summed E-state index contributed by atoms with van der Waals surface area (Å²) in [5, 5.41) is 0.743. The lowest BCUT2D eigenvalue weighted by atomic mass is 10.1. The van der Waals surface area contributed by atoms with Crippen LogP contribution >= 0.6 is 11.6 Å². The second kappa shape index (κ2) is 7.14. The number of benzene rings is 1. The van der Waals surface area contributed by atoms with E-state index < -0.39 is 11.9 Å². The predicted octanol–water partition coefficient (Wildman–Crippen LogP) is 2.61. The van der Waals surface area contributed by atoms with E-state index in [1.54, 1.807) is 6.92 Å². The van der Waals surface area contributed by atoms with Crippen molar-refractivity contribution in [1.29, 1.82) is 0 Å². The minimum Gasteiger partial charge on any atom is -0.458 e. The molecule has 0 aliphatic rings. The second-order valence-electron chi connectivity index (χ2n) is 4.15. The fourth-order valence-electron chi connectivity index (χ4n) is 1.69. The zero-order valence-electron chi connectivity index (χ0n) is 11.3. The quantitative estimate of drug-likeness (QED) is 0.630. The maximum atomic E-state index is 11.2. The molecule has 0 N–H and O–H groups in total. The molecule has 0 saturated heterocycles. The summed E-state index contributed by atoms with van der Waals surface area (Å²) in [6.45, 7) is 5.76. The van der Waals surface area contributed by atoms with Gasteiger partial charge in [-0.2, -0.15) is 0 Å². The van der Waals surface area contributed by atoms with Crippen molar-refractivity contribution in [1.82, 2.24) is 0 Å². The lowest BCUT2D eigenvalue weighted by molar-refractivity contribution is -0.167. The number of aryl methyl sites for hydroxylation is 2. The van der Waals surface area contributed by atoms with E-state index in [9.17, 15) is 9.59 Å². The van der Waals surface area contributed by atoms with Crippen LogP contribution in [0.4, 0.5) is 0 Å². The maximum absolute atomic E-state index is 11.2. The molecule has 0 fully saturated rings. The molecule has 1 aromatic carbocycles. The zero-order chi connectivity index (χ0) is 14.4. The van der Waals surface area contributed by atoms with Crippen molar-refractivity contribution in [2.75, 3.05) is 13.2 Å². The van der Waals surface area contributed by atoms with Crippen LogP contribution in [0, 0.1) is 13.8 Å². The Morgan fingerprint density at radius 3 is 2.16 bits per heavy atom. The third-order valence-corrected chi connectivity index (χ3v) is 3.16. The topological polar surface area (TPSA) is 52.6 Å². The van der Waals surface area contributed by atoms with Crippen LogP contribution in [0.3, 0.4) is 0 Å². The molecule has 0 spiro atoms. The summed E-state index contributed by atoms with van der Waals surface area (Å²) in [4.78, 5) is 22.2. The minimum atomic E-state index is -0.954. The maximum Gasteiger partial charge on any atom is 0.417 e. The van der Waals surface area contributed by atoms with Crippen LogP contribution in [-0.2, 0) is 25.5 Å². The van der Waals surface area contributed by atoms with E-state index in [0.29, 0.717) is 6.42 Å². The van der Waals surface area contributed by atoms with Crippen LogP contribution < -0.4 is 0 Å². The Balaban J connectivity index is 2.50. The Kier molecular flexibility index (Phi) is 5.83. The number of carbonyl (C=O) groups excluding carboxylic acids is 2. The van der Waals surface area contributed by atoms with Crippen molar-refractivity contribution in [3.8, 4) is 0 Å². The average molecular weight is 285 g/mol. The Hall–Kier alpha value is -1.55. The molecular weight excluding hydrogens is 268 g/mol. The highest BCUT2D eigenvalue weighted by Gasteiger charge is 2.16. The van der Waals surface area contributed by atoms with Gasteiger partial charge in [0.2, 0.25) is 0 Å². The van der Waals surface area contributed by atoms with Crippen molar-refractivity contribution in [3.63, 3.8) is 0 Å². The van der Waals surface area contributed by atoms with E-state index in [0.717, 1.165) is 21.7 Å². The summed E-state index contributed by atoms with van der Waals surface area (Å²) in [6, 6.07) is 3.88. The van der Waals surface area contributed by atoms with Gasteiger partial charge in [-0.05, 0) is 37.5 Å². The first-order valence-electron chi connectivity index (χ1n) is 6.05. The van der Waals surface area contributed by atoms with Crippen molar-refractivity contribution in [3.05, 3.63) is 33.8 Å². The van der Waals surface area contributed by atoms with Crippen LogP contribution in [0.15, 0.2) is 12.1 Å². The molecule has 0 atom stereocenters. The highest BCUT2D eigenvalue weighted by molar-refractivity contribution is 6.32. The number of hydrogen-bond acceptors (Lipinski definition) is 4. The van der Waals surface area contributed by atoms with Crippen LogP contribution in [0.25, 0.3) is 0 Å². The monoisotopic (exact) mass is 284 g/mol. The van der Waals surface area contributed by atoms with Crippen LogP contribution in [0.5, 0.6) is 0 Å². The van der Waals surface area contributed by atoms with Gasteiger partial charge >= 0.3 is 11.9 Å². The summed E-state index contributed by atoms with van der Waals surface area (Å²) in [5.74, 6) is -1.91. The number of esters is 2. The van der Waals surface area contributed by atoms with Gasteiger partial charge in [0.05, 0.1) is 13.2 Å². The molecule has 0 aliphatic carbocycles. The Bertz CT molecular complexity index is 459. The lowest BCUT2D eigenvalue weighted by Crippen LogP contribution is -2.21. The third-order valence-electron chi connectivity index (χ3n) is 2.56. The molecule has 1 aromatic rings. The Labute approximate surface area is 117 Å². The first-order chi connectivity index (χ1) is 8.95. The zero-order valence-corrected chi connectivity index (χ0v) is 12.0. The summed E-state index contributed by atoms with van der Waals surface area (Å²) < 4.78 is 9.35. The van der Waals surface area contributed by atoms with E-state index in [4.69, 9.17) is 16.3 Å². The fourth-order valence-corrected chi connectivity index (χ4v) is 1.80. The van der Waals surface area contributed by atoms with E-state index in [-0.39, 0.29) is 13.2 Å². The van der Waals surface area contributed by atoms with E-state index in [1.165, 1.54) is 0 Å². The van der Waals surface area contributed by atoms with Gasteiger partial charge in [-0.25, -0.2) is 9.59 Å². The van der Waals surface area contributed by atoms with Crippen molar-refractivity contribution in [2.24, 2.45) is 0 Å². The molecule has 0 heterocycles. The van der Waals surface area contributed by atoms with Crippen molar-refractivity contribution in [2.45, 2.75) is 27.2 Å². The number of ether oxygens (including phenoxy) is 2. The van der Waals surface area contributed by atoms with E-state index in [1.807, 2.05) is 26.0 Å². The average Bonchev–Trinajstić information content (AvgIpc) is 2.36. The van der Waals surface area contributed by atoms with Crippen molar-refractivity contribution < 1.29 is 19.1 Å². The van der Waals surface area contributed by atoms with Gasteiger partial charge in [0.25, 0.3) is 0 Å². The summed E-state index contributed by atoms with van der Waals surface area (Å²) >= 11 is 6.06. The SMILES string of the molecule is CCOC(=O)C(=O)OCCc1cc(C)c(Cl)c(C)c1. The molecule has 1 rings (SSSR count). The number of carbonyl (C=O) groups is 2. The summed E-state index contributed by atoms with van der Waals surface area (Å²) in [6.07, 6.45) is 0.532. The van der Waals surface area contributed by atoms with Crippen LogP contribution in [0.1, 0.15) is 23.6 Å². The molecule has 4 nitrogen and oxygen atoms in total. The summed E-state index contributed by atoms with van der Waals surface area (Å²) in [7, 11) is 0. The molecule has 5 heteroatoms. The molecular formula is C14H17ClO4. The molecule has 0 aromatic heterocycles. The molecule has 0 bridgehead atoms. The molecule has 0 unspecified atom stereocenters. The van der Waals surface area contributed by atoms with Gasteiger partial charge in [-0.3, -0.25) is 0 Å². The summed E-state index contributed by atoms with van der Waals surface area (Å²) in [5.41, 5.74) is 2.97. The third kappa shape index (κ3) is 4.56. The normalized spacial score (nSPS) is 10.1. The van der Waals surface area contributed by atoms with Gasteiger partial charge in [0.1, 0.15) is 0 Å². The smallest absolute Gasteiger partial charge is 0.417 e. The molecule has 0 amide bonds. The van der Waals surface area contributed by atoms with Gasteiger partial charge in [-0.1, -0.05) is 23.7 Å². The molecule has 0 aliphatic heterocycles. The number of rotatable bonds is 4. The van der Waals surface area contributed by atoms with Gasteiger partial charge in [0, 0.05) is 11.4 Å². The van der Waals surface area contributed by atoms with Crippen LogP contribution in [-0.4, -0.2) is 25.2 Å². The van der Waals surface area contributed by atoms with E-state index >= 15 is 0 Å². The number of hydrogen-bond donors (Lipinski definition) is 0. The Morgan fingerprint density at radius 2 is 1.63 bits per heavy atom. The standard InChI is InChI=1S/C14H17ClO4/c1-4-18-13(16)14(17)19-6-5-11-7-9(2)12(15)10(3)8-11/h7-8H,4-6H2,1-3H3.